The first-order valence-corrected chi connectivity index (χ1v) is 7.16. The molecule has 0 aliphatic heterocycles. The van der Waals surface area contributed by atoms with Crippen LogP contribution in [0.5, 0.6) is 0 Å². The van der Waals surface area contributed by atoms with Gasteiger partial charge in [-0.2, -0.15) is 0 Å². The Kier molecular flexibility index (Phi) is 4.46. The summed E-state index contributed by atoms with van der Waals surface area (Å²) in [6, 6.07) is 5.76. The fourth-order valence-corrected chi connectivity index (χ4v) is 2.72. The maximum atomic E-state index is 12.5. The first-order chi connectivity index (χ1) is 9.54. The van der Waals surface area contributed by atoms with Crippen LogP contribution in [0, 0.1) is 18.8 Å². The largest absolute Gasteiger partial charge is 0.347 e. The molecule has 0 bridgehead atoms. The zero-order chi connectivity index (χ0) is 14.6. The lowest BCUT2D eigenvalue weighted by Gasteiger charge is -2.25. The third-order valence-corrected chi connectivity index (χ3v) is 3.87. The predicted octanol–water partition coefficient (Wildman–Crippen LogP) is 2.37. The molecule has 0 heterocycles. The molecular weight excluding hydrogens is 248 g/mol. The molecular formula is C17H22N2O. The van der Waals surface area contributed by atoms with Crippen LogP contribution in [0.1, 0.15) is 54.1 Å². The van der Waals surface area contributed by atoms with E-state index in [1.807, 2.05) is 25.1 Å². The lowest BCUT2D eigenvalue weighted by atomic mass is 9.98. The molecule has 1 aromatic rings. The van der Waals surface area contributed by atoms with E-state index in [2.05, 4.69) is 24.1 Å². The second-order valence-electron chi connectivity index (χ2n) is 5.78. The van der Waals surface area contributed by atoms with Crippen molar-refractivity contribution in [1.29, 1.82) is 0 Å². The topological polar surface area (TPSA) is 55.1 Å². The van der Waals surface area contributed by atoms with Crippen molar-refractivity contribution in [2.45, 2.75) is 45.1 Å². The normalized spacial score (nSPS) is 16.4. The minimum absolute atomic E-state index is 0.0283. The van der Waals surface area contributed by atoms with Gasteiger partial charge in [0, 0.05) is 11.1 Å². The highest BCUT2D eigenvalue weighted by atomic mass is 16.1. The van der Waals surface area contributed by atoms with Crippen LogP contribution in [0.25, 0.3) is 0 Å². The highest BCUT2D eigenvalue weighted by Gasteiger charge is 2.30. The number of hydrogen-bond donors (Lipinski definition) is 2. The molecule has 1 aliphatic rings. The molecule has 1 fully saturated rings. The number of nitrogens with two attached hydrogens (primary N) is 1. The summed E-state index contributed by atoms with van der Waals surface area (Å²) in [5.74, 6) is 5.77. The van der Waals surface area contributed by atoms with Gasteiger partial charge in [0.1, 0.15) is 0 Å². The van der Waals surface area contributed by atoms with Gasteiger partial charge in [0.05, 0.1) is 12.1 Å². The average molecular weight is 270 g/mol. The van der Waals surface area contributed by atoms with Gasteiger partial charge in [0.25, 0.3) is 5.91 Å². The summed E-state index contributed by atoms with van der Waals surface area (Å²) < 4.78 is 0. The number of carbonyl (C=O) groups excluding carboxylic acids is 1. The highest BCUT2D eigenvalue weighted by molar-refractivity contribution is 5.97. The molecule has 0 radical (unpaired) electrons. The van der Waals surface area contributed by atoms with Crippen molar-refractivity contribution in [2.24, 2.45) is 5.73 Å². The van der Waals surface area contributed by atoms with Crippen LogP contribution in [0.2, 0.25) is 0 Å². The summed E-state index contributed by atoms with van der Waals surface area (Å²) in [7, 11) is 0. The fourth-order valence-electron chi connectivity index (χ4n) is 2.72. The standard InChI is InChI=1S/C17H22N2O/c1-13-7-8-14(6-5-11-18)15(12-13)16(20)19-17(2)9-3-4-10-17/h7-8,12H,3-4,9-11,18H2,1-2H3,(H,19,20). The van der Waals surface area contributed by atoms with Gasteiger partial charge in [0.2, 0.25) is 0 Å². The van der Waals surface area contributed by atoms with E-state index in [1.165, 1.54) is 12.8 Å². The monoisotopic (exact) mass is 270 g/mol. The Hall–Kier alpha value is -1.79. The van der Waals surface area contributed by atoms with Crippen LogP contribution in [0.4, 0.5) is 0 Å². The molecule has 2 rings (SSSR count). The number of benzene rings is 1. The molecule has 0 saturated heterocycles. The van der Waals surface area contributed by atoms with Crippen molar-refractivity contribution in [3.63, 3.8) is 0 Å². The number of carbonyl (C=O) groups is 1. The van der Waals surface area contributed by atoms with Gasteiger partial charge in [-0.15, -0.1) is 0 Å². The predicted molar refractivity (Wildman–Crippen MR) is 81.5 cm³/mol. The van der Waals surface area contributed by atoms with E-state index in [1.54, 1.807) is 0 Å². The Morgan fingerprint density at radius 2 is 2.10 bits per heavy atom. The number of amides is 1. The van der Waals surface area contributed by atoms with Crippen LogP contribution in [-0.2, 0) is 0 Å². The first kappa shape index (κ1) is 14.6. The van der Waals surface area contributed by atoms with Gasteiger partial charge >= 0.3 is 0 Å². The van der Waals surface area contributed by atoms with Gasteiger partial charge in [-0.25, -0.2) is 0 Å². The van der Waals surface area contributed by atoms with Crippen LogP contribution >= 0.6 is 0 Å². The Morgan fingerprint density at radius 1 is 1.40 bits per heavy atom. The molecule has 0 spiro atoms. The van der Waals surface area contributed by atoms with E-state index in [-0.39, 0.29) is 11.4 Å². The van der Waals surface area contributed by atoms with Crippen molar-refractivity contribution in [3.05, 3.63) is 34.9 Å². The number of hydrogen-bond acceptors (Lipinski definition) is 2. The zero-order valence-corrected chi connectivity index (χ0v) is 12.3. The van der Waals surface area contributed by atoms with Crippen molar-refractivity contribution in [3.8, 4) is 11.8 Å². The molecule has 106 valence electrons. The second-order valence-corrected chi connectivity index (χ2v) is 5.78. The van der Waals surface area contributed by atoms with E-state index in [0.29, 0.717) is 12.1 Å². The molecule has 1 saturated carbocycles. The molecule has 1 aromatic carbocycles. The van der Waals surface area contributed by atoms with Crippen LogP contribution in [0.3, 0.4) is 0 Å². The fraction of sp³-hybridized carbons (Fsp3) is 0.471. The molecule has 20 heavy (non-hydrogen) atoms. The van der Waals surface area contributed by atoms with Crippen LogP contribution in [0.15, 0.2) is 18.2 Å². The van der Waals surface area contributed by atoms with E-state index >= 15 is 0 Å². The van der Waals surface area contributed by atoms with E-state index in [0.717, 1.165) is 24.0 Å². The lowest BCUT2D eigenvalue weighted by molar-refractivity contribution is 0.0908. The molecule has 0 atom stereocenters. The molecule has 3 N–H and O–H groups in total. The average Bonchev–Trinajstić information content (AvgIpc) is 2.83. The minimum Gasteiger partial charge on any atom is -0.347 e. The summed E-state index contributed by atoms with van der Waals surface area (Å²) in [6.45, 7) is 4.40. The van der Waals surface area contributed by atoms with Crippen molar-refractivity contribution >= 4 is 5.91 Å². The Labute approximate surface area is 120 Å². The number of nitrogens with one attached hydrogen (secondary N) is 1. The van der Waals surface area contributed by atoms with Crippen LogP contribution in [-0.4, -0.2) is 18.0 Å². The molecule has 1 aliphatic carbocycles. The highest BCUT2D eigenvalue weighted by Crippen LogP contribution is 2.29. The van der Waals surface area contributed by atoms with Gasteiger partial charge in [-0.3, -0.25) is 4.79 Å². The third-order valence-electron chi connectivity index (χ3n) is 3.87. The quantitative estimate of drug-likeness (QED) is 0.811. The summed E-state index contributed by atoms with van der Waals surface area (Å²) >= 11 is 0. The summed E-state index contributed by atoms with van der Waals surface area (Å²) in [5, 5.41) is 3.18. The SMILES string of the molecule is Cc1ccc(C#CCN)c(C(=O)NC2(C)CCCC2)c1. The molecule has 3 heteroatoms. The van der Waals surface area contributed by atoms with E-state index in [4.69, 9.17) is 5.73 Å². The van der Waals surface area contributed by atoms with Gasteiger partial charge in [0.15, 0.2) is 0 Å². The first-order valence-electron chi connectivity index (χ1n) is 7.16. The Morgan fingerprint density at radius 3 is 2.75 bits per heavy atom. The maximum absolute atomic E-state index is 12.5. The van der Waals surface area contributed by atoms with Crippen LogP contribution < -0.4 is 11.1 Å². The number of rotatable bonds is 2. The van der Waals surface area contributed by atoms with Crippen molar-refractivity contribution in [1.82, 2.24) is 5.32 Å². The molecule has 0 unspecified atom stereocenters. The van der Waals surface area contributed by atoms with Gasteiger partial charge < -0.3 is 11.1 Å². The van der Waals surface area contributed by atoms with Gasteiger partial charge in [-0.1, -0.05) is 36.3 Å². The lowest BCUT2D eigenvalue weighted by Crippen LogP contribution is -2.43. The minimum atomic E-state index is -0.0700. The Bertz CT molecular complexity index is 560. The third kappa shape index (κ3) is 3.40. The summed E-state index contributed by atoms with van der Waals surface area (Å²) in [6.07, 6.45) is 4.47. The second kappa shape index (κ2) is 6.11. The summed E-state index contributed by atoms with van der Waals surface area (Å²) in [4.78, 5) is 12.5. The van der Waals surface area contributed by atoms with E-state index in [9.17, 15) is 4.79 Å². The van der Waals surface area contributed by atoms with E-state index < -0.39 is 0 Å². The maximum Gasteiger partial charge on any atom is 0.252 e. The van der Waals surface area contributed by atoms with Crippen molar-refractivity contribution < 1.29 is 4.79 Å². The molecule has 0 aromatic heterocycles. The molecule has 1 amide bonds. The smallest absolute Gasteiger partial charge is 0.252 e. The van der Waals surface area contributed by atoms with Gasteiger partial charge in [-0.05, 0) is 38.8 Å². The van der Waals surface area contributed by atoms with Crippen molar-refractivity contribution in [2.75, 3.05) is 6.54 Å². The number of aryl methyl sites for hydroxylation is 1. The molecule has 3 nitrogen and oxygen atoms in total. The summed E-state index contributed by atoms with van der Waals surface area (Å²) in [5.41, 5.74) is 7.80. The zero-order valence-electron chi connectivity index (χ0n) is 12.3. The Balaban J connectivity index is 2.26.